The van der Waals surface area contributed by atoms with Crippen molar-refractivity contribution in [3.8, 4) is 11.3 Å². The smallest absolute Gasteiger partial charge is 0.212 e. The van der Waals surface area contributed by atoms with Crippen molar-refractivity contribution in [1.29, 1.82) is 0 Å². The molecular weight excluding hydrogens is 222 g/mol. The lowest BCUT2D eigenvalue weighted by Gasteiger charge is -1.86. The van der Waals surface area contributed by atoms with Crippen LogP contribution in [0.25, 0.3) is 16.2 Å². The molecule has 0 bridgehead atoms. The highest BCUT2D eigenvalue weighted by atomic mass is 32.1. The molecule has 16 heavy (non-hydrogen) atoms. The first kappa shape index (κ1) is 9.53. The van der Waals surface area contributed by atoms with Crippen LogP contribution in [0.15, 0.2) is 18.6 Å². The minimum absolute atomic E-state index is 0.925. The van der Waals surface area contributed by atoms with E-state index in [4.69, 9.17) is 0 Å². The van der Waals surface area contributed by atoms with Crippen LogP contribution in [0.1, 0.15) is 11.9 Å². The monoisotopic (exact) mass is 233 g/mol. The summed E-state index contributed by atoms with van der Waals surface area (Å²) in [5.74, 6) is 0. The summed E-state index contributed by atoms with van der Waals surface area (Å²) in [5.41, 5.74) is 1.95. The average Bonchev–Trinajstić information content (AvgIpc) is 2.89. The van der Waals surface area contributed by atoms with E-state index in [1.807, 2.05) is 30.2 Å². The maximum Gasteiger partial charge on any atom is 0.212 e. The Morgan fingerprint density at radius 3 is 2.88 bits per heavy atom. The molecule has 0 radical (unpaired) electrons. The lowest BCUT2D eigenvalue weighted by Crippen LogP contribution is -1.84. The molecule has 3 rings (SSSR count). The Kier molecular flexibility index (Phi) is 2.03. The number of rotatable bonds is 2. The van der Waals surface area contributed by atoms with Gasteiger partial charge in [0.1, 0.15) is 5.01 Å². The van der Waals surface area contributed by atoms with Gasteiger partial charge in [-0.05, 0) is 6.42 Å². The molecule has 0 N–H and O–H groups in total. The Morgan fingerprint density at radius 2 is 2.25 bits per heavy atom. The first-order valence-corrected chi connectivity index (χ1v) is 5.92. The van der Waals surface area contributed by atoms with Gasteiger partial charge in [0.05, 0.1) is 18.1 Å². The van der Waals surface area contributed by atoms with Crippen molar-refractivity contribution in [3.05, 3.63) is 23.6 Å². The quantitative estimate of drug-likeness (QED) is 0.677. The molecule has 0 atom stereocenters. The fourth-order valence-corrected chi connectivity index (χ4v) is 2.39. The van der Waals surface area contributed by atoms with Crippen molar-refractivity contribution >= 4 is 16.3 Å². The van der Waals surface area contributed by atoms with Gasteiger partial charge in [0.25, 0.3) is 0 Å². The third-order valence-electron chi connectivity index (χ3n) is 2.39. The number of fused-ring (bicyclic) bond motifs is 1. The Labute approximate surface area is 96.4 Å². The van der Waals surface area contributed by atoms with E-state index in [1.165, 1.54) is 0 Å². The zero-order valence-corrected chi connectivity index (χ0v) is 9.90. The third kappa shape index (κ3) is 1.42. The molecule has 0 saturated heterocycles. The van der Waals surface area contributed by atoms with Crippen LogP contribution in [0, 0.1) is 0 Å². The standard InChI is InChI=1S/C10H11N5S/c1-3-9-13-15-6-8(12-10(15)16-9)7-4-11-14(2)5-7/h4-6H,3H2,1-2H3. The lowest BCUT2D eigenvalue weighted by molar-refractivity contribution is 0.768. The predicted molar refractivity (Wildman–Crippen MR) is 62.4 cm³/mol. The second-order valence-corrected chi connectivity index (χ2v) is 4.65. The van der Waals surface area contributed by atoms with Gasteiger partial charge in [-0.1, -0.05) is 18.3 Å². The molecule has 82 valence electrons. The normalized spacial score (nSPS) is 11.4. The Morgan fingerprint density at radius 1 is 1.38 bits per heavy atom. The average molecular weight is 233 g/mol. The molecule has 0 aliphatic rings. The maximum absolute atomic E-state index is 4.53. The Balaban J connectivity index is 2.09. The lowest BCUT2D eigenvalue weighted by atomic mass is 10.3. The number of nitrogens with zero attached hydrogens (tertiary/aromatic N) is 5. The van der Waals surface area contributed by atoms with E-state index >= 15 is 0 Å². The van der Waals surface area contributed by atoms with Crippen LogP contribution in [0.3, 0.4) is 0 Å². The molecule has 0 spiro atoms. The van der Waals surface area contributed by atoms with E-state index < -0.39 is 0 Å². The number of hydrogen-bond acceptors (Lipinski definition) is 4. The molecule has 0 aromatic carbocycles. The largest absolute Gasteiger partial charge is 0.275 e. The van der Waals surface area contributed by atoms with Gasteiger partial charge in [-0.3, -0.25) is 4.68 Å². The van der Waals surface area contributed by atoms with Crippen LogP contribution in [-0.4, -0.2) is 24.4 Å². The van der Waals surface area contributed by atoms with Gasteiger partial charge in [0.15, 0.2) is 0 Å². The molecule has 0 aliphatic carbocycles. The van der Waals surface area contributed by atoms with Crippen molar-refractivity contribution in [2.45, 2.75) is 13.3 Å². The van der Waals surface area contributed by atoms with Gasteiger partial charge in [-0.2, -0.15) is 10.2 Å². The molecule has 5 nitrogen and oxygen atoms in total. The zero-order chi connectivity index (χ0) is 11.1. The van der Waals surface area contributed by atoms with E-state index in [0.717, 1.165) is 27.6 Å². The van der Waals surface area contributed by atoms with Crippen LogP contribution in [0.4, 0.5) is 0 Å². The molecule has 3 aromatic heterocycles. The SMILES string of the molecule is CCc1nn2cc(-c3cnn(C)c3)nc2s1. The highest BCUT2D eigenvalue weighted by molar-refractivity contribution is 7.16. The molecule has 3 heterocycles. The summed E-state index contributed by atoms with van der Waals surface area (Å²) in [4.78, 5) is 5.47. The maximum atomic E-state index is 4.53. The number of hydrogen-bond donors (Lipinski definition) is 0. The number of aromatic nitrogens is 5. The van der Waals surface area contributed by atoms with Crippen LogP contribution >= 0.6 is 11.3 Å². The molecular formula is C10H11N5S. The fraction of sp³-hybridized carbons (Fsp3) is 0.300. The number of aryl methyl sites for hydroxylation is 2. The summed E-state index contributed by atoms with van der Waals surface area (Å²) < 4.78 is 3.61. The first-order chi connectivity index (χ1) is 7.76. The summed E-state index contributed by atoms with van der Waals surface area (Å²) in [6.07, 6.45) is 6.67. The molecule has 3 aromatic rings. The minimum atomic E-state index is 0.925. The summed E-state index contributed by atoms with van der Waals surface area (Å²) in [5, 5.41) is 9.67. The molecule has 0 unspecified atom stereocenters. The summed E-state index contributed by atoms with van der Waals surface area (Å²) in [6.45, 7) is 2.10. The van der Waals surface area contributed by atoms with Crippen molar-refractivity contribution in [1.82, 2.24) is 24.4 Å². The third-order valence-corrected chi connectivity index (χ3v) is 3.45. The molecule has 0 saturated carbocycles. The summed E-state index contributed by atoms with van der Waals surface area (Å²) in [6, 6.07) is 0. The van der Waals surface area contributed by atoms with Gasteiger partial charge in [-0.25, -0.2) is 9.50 Å². The Hall–Kier alpha value is -1.69. The molecule has 0 amide bonds. The zero-order valence-electron chi connectivity index (χ0n) is 9.08. The van der Waals surface area contributed by atoms with Gasteiger partial charge in [0.2, 0.25) is 4.96 Å². The van der Waals surface area contributed by atoms with Crippen molar-refractivity contribution < 1.29 is 0 Å². The van der Waals surface area contributed by atoms with E-state index in [-0.39, 0.29) is 0 Å². The molecule has 6 heteroatoms. The van der Waals surface area contributed by atoms with E-state index in [1.54, 1.807) is 16.0 Å². The van der Waals surface area contributed by atoms with Crippen LogP contribution < -0.4 is 0 Å². The topological polar surface area (TPSA) is 48.0 Å². The fourth-order valence-electron chi connectivity index (χ4n) is 1.58. The second kappa shape index (κ2) is 3.41. The number of imidazole rings is 1. The van der Waals surface area contributed by atoms with Crippen LogP contribution in [-0.2, 0) is 13.5 Å². The van der Waals surface area contributed by atoms with Crippen LogP contribution in [0.2, 0.25) is 0 Å². The van der Waals surface area contributed by atoms with Gasteiger partial charge >= 0.3 is 0 Å². The van der Waals surface area contributed by atoms with Gasteiger partial charge in [0, 0.05) is 18.8 Å². The van der Waals surface area contributed by atoms with Crippen molar-refractivity contribution in [3.63, 3.8) is 0 Å². The predicted octanol–water partition coefficient (Wildman–Crippen LogP) is 1.75. The van der Waals surface area contributed by atoms with Gasteiger partial charge < -0.3 is 0 Å². The second-order valence-electron chi connectivity index (χ2n) is 3.61. The molecule has 0 fully saturated rings. The van der Waals surface area contributed by atoms with E-state index in [0.29, 0.717) is 0 Å². The van der Waals surface area contributed by atoms with Gasteiger partial charge in [-0.15, -0.1) is 0 Å². The highest BCUT2D eigenvalue weighted by Gasteiger charge is 2.09. The summed E-state index contributed by atoms with van der Waals surface area (Å²) >= 11 is 1.63. The van der Waals surface area contributed by atoms with Crippen molar-refractivity contribution in [2.24, 2.45) is 7.05 Å². The minimum Gasteiger partial charge on any atom is -0.275 e. The van der Waals surface area contributed by atoms with E-state index in [2.05, 4.69) is 22.1 Å². The highest BCUT2D eigenvalue weighted by Crippen LogP contribution is 2.21. The summed E-state index contributed by atoms with van der Waals surface area (Å²) in [7, 11) is 1.90. The first-order valence-electron chi connectivity index (χ1n) is 5.10. The van der Waals surface area contributed by atoms with E-state index in [9.17, 15) is 0 Å². The Bertz CT molecular complexity index is 601. The van der Waals surface area contributed by atoms with Crippen LogP contribution in [0.5, 0.6) is 0 Å². The van der Waals surface area contributed by atoms with Crippen molar-refractivity contribution in [2.75, 3.05) is 0 Å². The molecule has 0 aliphatic heterocycles.